The van der Waals surface area contributed by atoms with Gasteiger partial charge in [0.25, 0.3) is 5.69 Å². The van der Waals surface area contributed by atoms with Crippen molar-refractivity contribution in [1.29, 1.82) is 0 Å². The molecule has 0 radical (unpaired) electrons. The maximum absolute atomic E-state index is 12.9. The van der Waals surface area contributed by atoms with E-state index in [2.05, 4.69) is 0 Å². The van der Waals surface area contributed by atoms with Gasteiger partial charge in [-0.15, -0.1) is 0 Å². The zero-order valence-electron chi connectivity index (χ0n) is 7.15. The fraction of sp³-hybridized carbons (Fsp3) is 0.125. The van der Waals surface area contributed by atoms with Crippen molar-refractivity contribution in [3.05, 3.63) is 39.2 Å². The molecule has 0 amide bonds. The quantitative estimate of drug-likeness (QED) is 0.581. The van der Waals surface area contributed by atoms with E-state index in [1.165, 1.54) is 6.92 Å². The van der Waals surface area contributed by atoms with Crippen LogP contribution in [-0.2, 0) is 0 Å². The van der Waals surface area contributed by atoms with E-state index < -0.39 is 28.0 Å². The molecular weight excluding hydrogens is 193 g/mol. The summed E-state index contributed by atoms with van der Waals surface area (Å²) in [6.07, 6.45) is 0. The first-order valence-corrected chi connectivity index (χ1v) is 3.62. The Kier molecular flexibility index (Phi) is 2.46. The van der Waals surface area contributed by atoms with Gasteiger partial charge in [-0.05, 0) is 13.0 Å². The molecular formula is C8H6FNO4. The van der Waals surface area contributed by atoms with Gasteiger partial charge in [0.2, 0.25) is 0 Å². The van der Waals surface area contributed by atoms with Crippen LogP contribution in [0.4, 0.5) is 10.1 Å². The number of carboxylic acids is 1. The highest BCUT2D eigenvalue weighted by Crippen LogP contribution is 2.23. The van der Waals surface area contributed by atoms with Gasteiger partial charge in [0.15, 0.2) is 0 Å². The van der Waals surface area contributed by atoms with Crippen LogP contribution in [0.25, 0.3) is 0 Å². The van der Waals surface area contributed by atoms with Gasteiger partial charge in [0.05, 0.1) is 4.92 Å². The van der Waals surface area contributed by atoms with Gasteiger partial charge < -0.3 is 5.11 Å². The lowest BCUT2D eigenvalue weighted by atomic mass is 10.1. The van der Waals surface area contributed by atoms with Crippen LogP contribution < -0.4 is 0 Å². The van der Waals surface area contributed by atoms with E-state index in [0.29, 0.717) is 0 Å². The number of halogens is 1. The predicted octanol–water partition coefficient (Wildman–Crippen LogP) is 1.74. The zero-order valence-corrected chi connectivity index (χ0v) is 7.15. The van der Waals surface area contributed by atoms with Crippen molar-refractivity contribution in [3.8, 4) is 0 Å². The van der Waals surface area contributed by atoms with Crippen LogP contribution in [0.1, 0.15) is 15.9 Å². The standard InChI is InChI=1S/C8H6FNO4/c1-4-5(9)2-3-6(10(13)14)7(4)8(11)12/h2-3H,1H3,(H,11,12). The second-order valence-electron chi connectivity index (χ2n) is 2.63. The molecule has 74 valence electrons. The molecule has 1 rings (SSSR count). The van der Waals surface area contributed by atoms with Crippen LogP contribution in [0.5, 0.6) is 0 Å². The fourth-order valence-corrected chi connectivity index (χ4v) is 1.09. The third-order valence-electron chi connectivity index (χ3n) is 1.79. The molecule has 0 fully saturated rings. The summed E-state index contributed by atoms with van der Waals surface area (Å²) < 4.78 is 12.9. The fourth-order valence-electron chi connectivity index (χ4n) is 1.09. The van der Waals surface area contributed by atoms with Crippen LogP contribution in [0, 0.1) is 22.9 Å². The van der Waals surface area contributed by atoms with Crippen LogP contribution in [0.2, 0.25) is 0 Å². The third kappa shape index (κ3) is 1.54. The van der Waals surface area contributed by atoms with Crippen molar-refractivity contribution >= 4 is 11.7 Å². The monoisotopic (exact) mass is 199 g/mol. The lowest BCUT2D eigenvalue weighted by molar-refractivity contribution is -0.385. The van der Waals surface area contributed by atoms with Crippen molar-refractivity contribution in [1.82, 2.24) is 0 Å². The molecule has 0 aliphatic rings. The Hall–Kier alpha value is -1.98. The lowest BCUT2D eigenvalue weighted by Crippen LogP contribution is -2.06. The zero-order chi connectivity index (χ0) is 10.9. The molecule has 0 heterocycles. The summed E-state index contributed by atoms with van der Waals surface area (Å²) in [6, 6.07) is 1.71. The maximum atomic E-state index is 12.9. The Morgan fingerprint density at radius 3 is 2.57 bits per heavy atom. The highest BCUT2D eigenvalue weighted by atomic mass is 19.1. The van der Waals surface area contributed by atoms with Gasteiger partial charge in [-0.2, -0.15) is 0 Å². The van der Waals surface area contributed by atoms with Crippen molar-refractivity contribution in [2.24, 2.45) is 0 Å². The Bertz CT molecular complexity index is 416. The largest absolute Gasteiger partial charge is 0.477 e. The van der Waals surface area contributed by atoms with E-state index in [4.69, 9.17) is 5.11 Å². The highest BCUT2D eigenvalue weighted by Gasteiger charge is 2.23. The number of nitrogens with zero attached hydrogens (tertiary/aromatic N) is 1. The van der Waals surface area contributed by atoms with E-state index in [1.807, 2.05) is 0 Å². The summed E-state index contributed by atoms with van der Waals surface area (Å²) in [7, 11) is 0. The molecule has 0 saturated carbocycles. The van der Waals surface area contributed by atoms with Crippen molar-refractivity contribution < 1.29 is 19.2 Å². The van der Waals surface area contributed by atoms with Gasteiger partial charge in [0.1, 0.15) is 11.4 Å². The second-order valence-corrected chi connectivity index (χ2v) is 2.63. The van der Waals surface area contributed by atoms with Gasteiger partial charge in [-0.3, -0.25) is 10.1 Å². The van der Waals surface area contributed by atoms with Crippen molar-refractivity contribution in [2.45, 2.75) is 6.92 Å². The number of carbonyl (C=O) groups is 1. The van der Waals surface area contributed by atoms with Crippen molar-refractivity contribution in [3.63, 3.8) is 0 Å². The Morgan fingerprint density at radius 1 is 1.57 bits per heavy atom. The van der Waals surface area contributed by atoms with Gasteiger partial charge in [0, 0.05) is 11.6 Å². The topological polar surface area (TPSA) is 80.4 Å². The number of hydrogen-bond donors (Lipinski definition) is 1. The minimum absolute atomic E-state index is 0.230. The highest BCUT2D eigenvalue weighted by molar-refractivity contribution is 5.94. The first kappa shape index (κ1) is 10.1. The van der Waals surface area contributed by atoms with Crippen molar-refractivity contribution in [2.75, 3.05) is 0 Å². The third-order valence-corrected chi connectivity index (χ3v) is 1.79. The van der Waals surface area contributed by atoms with Crippen LogP contribution in [0.3, 0.4) is 0 Å². The summed E-state index contributed by atoms with van der Waals surface area (Å²) >= 11 is 0. The average Bonchev–Trinajstić information content (AvgIpc) is 2.08. The molecule has 0 unspecified atom stereocenters. The van der Waals surface area contributed by atoms with Crippen LogP contribution in [0.15, 0.2) is 12.1 Å². The van der Waals surface area contributed by atoms with Gasteiger partial charge in [-0.25, -0.2) is 9.18 Å². The molecule has 0 atom stereocenters. The Morgan fingerprint density at radius 2 is 2.14 bits per heavy atom. The lowest BCUT2D eigenvalue weighted by Gasteiger charge is -2.02. The molecule has 14 heavy (non-hydrogen) atoms. The molecule has 6 heteroatoms. The summed E-state index contributed by atoms with van der Waals surface area (Å²) in [6.45, 7) is 1.19. The number of rotatable bonds is 2. The summed E-state index contributed by atoms with van der Waals surface area (Å²) in [4.78, 5) is 20.2. The molecule has 1 N–H and O–H groups in total. The molecule has 5 nitrogen and oxygen atoms in total. The molecule has 0 aliphatic heterocycles. The normalized spacial score (nSPS) is 9.86. The molecule has 0 saturated heterocycles. The number of benzene rings is 1. The van der Waals surface area contributed by atoms with Crippen LogP contribution >= 0.6 is 0 Å². The molecule has 0 bridgehead atoms. The van der Waals surface area contributed by atoms with Gasteiger partial charge >= 0.3 is 5.97 Å². The molecule has 0 aromatic heterocycles. The summed E-state index contributed by atoms with van der Waals surface area (Å²) in [5.41, 5.74) is -1.43. The first-order valence-electron chi connectivity index (χ1n) is 3.62. The van der Waals surface area contributed by atoms with E-state index in [0.717, 1.165) is 12.1 Å². The summed E-state index contributed by atoms with van der Waals surface area (Å²) in [5, 5.41) is 19.1. The number of nitro benzene ring substituents is 1. The van der Waals surface area contributed by atoms with Crippen LogP contribution in [-0.4, -0.2) is 16.0 Å². The molecule has 1 aromatic rings. The SMILES string of the molecule is Cc1c(F)ccc([N+](=O)[O-])c1C(=O)O. The number of carboxylic acid groups (broad SMARTS) is 1. The van der Waals surface area contributed by atoms with E-state index in [9.17, 15) is 19.3 Å². The predicted molar refractivity (Wildman–Crippen MR) is 44.8 cm³/mol. The smallest absolute Gasteiger partial charge is 0.343 e. The average molecular weight is 199 g/mol. The number of nitro groups is 1. The summed E-state index contributed by atoms with van der Waals surface area (Å²) in [5.74, 6) is -2.28. The Balaban J connectivity index is 3.53. The van der Waals surface area contributed by atoms with E-state index in [-0.39, 0.29) is 5.56 Å². The number of hydrogen-bond acceptors (Lipinski definition) is 3. The minimum atomic E-state index is -1.51. The number of aromatic carboxylic acids is 1. The molecule has 0 aliphatic carbocycles. The molecule has 0 spiro atoms. The second kappa shape index (κ2) is 3.41. The van der Waals surface area contributed by atoms with E-state index >= 15 is 0 Å². The maximum Gasteiger partial charge on any atom is 0.343 e. The van der Waals surface area contributed by atoms with E-state index in [1.54, 1.807) is 0 Å². The molecule has 1 aromatic carbocycles. The Labute approximate surface area is 77.9 Å². The minimum Gasteiger partial charge on any atom is -0.477 e. The van der Waals surface area contributed by atoms with Gasteiger partial charge in [-0.1, -0.05) is 0 Å². The first-order chi connectivity index (χ1) is 6.45.